The Kier molecular flexibility index (Phi) is 4.94. The van der Waals surface area contributed by atoms with E-state index in [1.54, 1.807) is 6.08 Å². The molecule has 0 unspecified atom stereocenters. The van der Waals surface area contributed by atoms with Crippen molar-refractivity contribution in [3.8, 4) is 11.8 Å². The van der Waals surface area contributed by atoms with Gasteiger partial charge in [0.1, 0.15) is 0 Å². The van der Waals surface area contributed by atoms with E-state index in [0.29, 0.717) is 0 Å². The van der Waals surface area contributed by atoms with Crippen LogP contribution in [0.15, 0.2) is 36.5 Å². The van der Waals surface area contributed by atoms with Crippen LogP contribution in [-0.4, -0.2) is 0 Å². The van der Waals surface area contributed by atoms with Crippen molar-refractivity contribution in [2.75, 3.05) is 0 Å². The fraction of sp³-hybridized carbons (Fsp3) is 0.273. The largest absolute Gasteiger partial charge is 0.102 e. The second-order valence-corrected chi connectivity index (χ2v) is 2.16. The minimum atomic E-state index is 0.948. The first-order chi connectivity index (χ1) is 5.26. The van der Waals surface area contributed by atoms with E-state index in [1.807, 2.05) is 13.0 Å². The molecule has 0 aliphatic carbocycles. The number of hydrogen-bond acceptors (Lipinski definition) is 0. The zero-order chi connectivity index (χ0) is 8.69. The highest BCUT2D eigenvalue weighted by atomic mass is 14.0. The van der Waals surface area contributed by atoms with Gasteiger partial charge in [-0.1, -0.05) is 32.1 Å². The minimum absolute atomic E-state index is 0.948. The Morgan fingerprint density at radius 2 is 2.18 bits per heavy atom. The third-order valence-electron chi connectivity index (χ3n) is 1.43. The summed E-state index contributed by atoms with van der Waals surface area (Å²) in [6.45, 7) is 11.5. The predicted molar refractivity (Wildman–Crippen MR) is 51.2 cm³/mol. The molecule has 0 saturated heterocycles. The molecule has 0 N–H and O–H groups in total. The van der Waals surface area contributed by atoms with Gasteiger partial charge in [0.25, 0.3) is 0 Å². The molecule has 0 aliphatic heterocycles. The third kappa shape index (κ3) is 3.47. The molecule has 0 heterocycles. The smallest absolute Gasteiger partial charge is 0.00235 e. The van der Waals surface area contributed by atoms with Crippen LogP contribution in [0.1, 0.15) is 20.3 Å². The molecule has 0 amide bonds. The lowest BCUT2D eigenvalue weighted by molar-refractivity contribution is 1.14. The maximum absolute atomic E-state index is 3.89. The SMILES string of the molecule is C=C/C(=C\C#CC)C(=C)CC. The van der Waals surface area contributed by atoms with E-state index in [0.717, 1.165) is 17.6 Å². The van der Waals surface area contributed by atoms with Crippen LogP contribution in [-0.2, 0) is 0 Å². The zero-order valence-corrected chi connectivity index (χ0v) is 7.28. The zero-order valence-electron chi connectivity index (χ0n) is 7.28. The van der Waals surface area contributed by atoms with Crippen LogP contribution in [0.25, 0.3) is 0 Å². The van der Waals surface area contributed by atoms with E-state index >= 15 is 0 Å². The minimum Gasteiger partial charge on any atom is -0.102 e. The summed E-state index contributed by atoms with van der Waals surface area (Å²) < 4.78 is 0. The lowest BCUT2D eigenvalue weighted by Gasteiger charge is -1.99. The Hall–Kier alpha value is -1.22. The molecular weight excluding hydrogens is 132 g/mol. The van der Waals surface area contributed by atoms with Crippen LogP contribution < -0.4 is 0 Å². The molecule has 0 saturated carbocycles. The van der Waals surface area contributed by atoms with Crippen molar-refractivity contribution in [3.05, 3.63) is 36.5 Å². The molecule has 0 rings (SSSR count). The number of rotatable bonds is 3. The molecule has 0 radical (unpaired) electrons. The highest BCUT2D eigenvalue weighted by molar-refractivity contribution is 5.41. The molecule has 58 valence electrons. The monoisotopic (exact) mass is 146 g/mol. The normalized spacial score (nSPS) is 9.82. The molecule has 0 aromatic heterocycles. The molecule has 0 bridgehead atoms. The first-order valence-corrected chi connectivity index (χ1v) is 3.69. The number of hydrogen-bond donors (Lipinski definition) is 0. The maximum atomic E-state index is 3.89. The molecule has 0 aliphatic rings. The molecule has 0 aromatic carbocycles. The van der Waals surface area contributed by atoms with Crippen LogP contribution >= 0.6 is 0 Å². The van der Waals surface area contributed by atoms with Crippen molar-refractivity contribution >= 4 is 0 Å². The first kappa shape index (κ1) is 9.78. The van der Waals surface area contributed by atoms with E-state index in [2.05, 4.69) is 31.9 Å². The fourth-order valence-electron chi connectivity index (χ4n) is 0.659. The van der Waals surface area contributed by atoms with Gasteiger partial charge in [-0.15, -0.1) is 5.92 Å². The quantitative estimate of drug-likeness (QED) is 0.424. The molecular formula is C11H14. The summed E-state index contributed by atoms with van der Waals surface area (Å²) in [6.07, 6.45) is 4.58. The molecule has 0 nitrogen and oxygen atoms in total. The van der Waals surface area contributed by atoms with Gasteiger partial charge in [0, 0.05) is 0 Å². The van der Waals surface area contributed by atoms with Crippen molar-refractivity contribution in [1.82, 2.24) is 0 Å². The Morgan fingerprint density at radius 3 is 2.55 bits per heavy atom. The third-order valence-corrected chi connectivity index (χ3v) is 1.43. The van der Waals surface area contributed by atoms with Gasteiger partial charge in [0.15, 0.2) is 0 Å². The van der Waals surface area contributed by atoms with Gasteiger partial charge < -0.3 is 0 Å². The van der Waals surface area contributed by atoms with Gasteiger partial charge in [-0.2, -0.15) is 0 Å². The summed E-state index contributed by atoms with van der Waals surface area (Å²) in [5.41, 5.74) is 2.13. The summed E-state index contributed by atoms with van der Waals surface area (Å²) in [5.74, 6) is 5.67. The highest BCUT2D eigenvalue weighted by Crippen LogP contribution is 2.11. The number of allylic oxidation sites excluding steroid dienone is 4. The Balaban J connectivity index is 4.47. The van der Waals surface area contributed by atoms with Gasteiger partial charge in [-0.3, -0.25) is 0 Å². The summed E-state index contributed by atoms with van der Waals surface area (Å²) in [7, 11) is 0. The second kappa shape index (κ2) is 5.56. The van der Waals surface area contributed by atoms with Crippen molar-refractivity contribution < 1.29 is 0 Å². The van der Waals surface area contributed by atoms with Gasteiger partial charge in [-0.05, 0) is 30.6 Å². The second-order valence-electron chi connectivity index (χ2n) is 2.16. The molecule has 0 heteroatoms. The summed E-state index contributed by atoms with van der Waals surface area (Å²) in [4.78, 5) is 0. The Bertz CT molecular complexity index is 230. The summed E-state index contributed by atoms with van der Waals surface area (Å²) >= 11 is 0. The van der Waals surface area contributed by atoms with Crippen molar-refractivity contribution in [2.24, 2.45) is 0 Å². The van der Waals surface area contributed by atoms with Gasteiger partial charge in [-0.25, -0.2) is 0 Å². The van der Waals surface area contributed by atoms with Crippen molar-refractivity contribution in [1.29, 1.82) is 0 Å². The average molecular weight is 146 g/mol. The van der Waals surface area contributed by atoms with Crippen LogP contribution in [0, 0.1) is 11.8 Å². The highest BCUT2D eigenvalue weighted by Gasteiger charge is 1.92. The fourth-order valence-corrected chi connectivity index (χ4v) is 0.659. The predicted octanol–water partition coefficient (Wildman–Crippen LogP) is 3.09. The Labute approximate surface area is 69.3 Å². The van der Waals surface area contributed by atoms with E-state index in [9.17, 15) is 0 Å². The first-order valence-electron chi connectivity index (χ1n) is 3.69. The molecule has 0 aromatic rings. The summed E-state index contributed by atoms with van der Waals surface area (Å²) in [5, 5.41) is 0. The van der Waals surface area contributed by atoms with E-state index < -0.39 is 0 Å². The molecule has 0 atom stereocenters. The van der Waals surface area contributed by atoms with Crippen molar-refractivity contribution in [3.63, 3.8) is 0 Å². The van der Waals surface area contributed by atoms with Crippen LogP contribution in [0.5, 0.6) is 0 Å². The lowest BCUT2D eigenvalue weighted by Crippen LogP contribution is -1.80. The maximum Gasteiger partial charge on any atom is -0.00235 e. The van der Waals surface area contributed by atoms with Gasteiger partial charge in [0.2, 0.25) is 0 Å². The summed E-state index contributed by atoms with van der Waals surface area (Å²) in [6, 6.07) is 0. The van der Waals surface area contributed by atoms with Gasteiger partial charge in [0.05, 0.1) is 0 Å². The average Bonchev–Trinajstić information content (AvgIpc) is 2.05. The molecule has 0 fully saturated rings. The van der Waals surface area contributed by atoms with Gasteiger partial charge >= 0.3 is 0 Å². The van der Waals surface area contributed by atoms with E-state index in [1.165, 1.54) is 0 Å². The van der Waals surface area contributed by atoms with Crippen LogP contribution in [0.2, 0.25) is 0 Å². The van der Waals surface area contributed by atoms with Crippen molar-refractivity contribution in [2.45, 2.75) is 20.3 Å². The van der Waals surface area contributed by atoms with Crippen LogP contribution in [0.4, 0.5) is 0 Å². The van der Waals surface area contributed by atoms with E-state index in [-0.39, 0.29) is 0 Å². The molecule has 0 spiro atoms. The topological polar surface area (TPSA) is 0 Å². The molecule has 11 heavy (non-hydrogen) atoms. The van der Waals surface area contributed by atoms with E-state index in [4.69, 9.17) is 0 Å². The standard InChI is InChI=1S/C11H14/c1-5-8-9-11(7-3)10(4)6-2/h7,9H,3-4,6H2,1-2H3/b11-9+. The Morgan fingerprint density at radius 1 is 1.55 bits per heavy atom. The van der Waals surface area contributed by atoms with Crippen LogP contribution in [0.3, 0.4) is 0 Å². The lowest BCUT2D eigenvalue weighted by atomic mass is 10.1.